The number of carbonyl (C=O) groups is 1. The Morgan fingerprint density at radius 2 is 2.09 bits per heavy atom. The van der Waals surface area contributed by atoms with Crippen molar-refractivity contribution in [1.82, 2.24) is 14.8 Å². The van der Waals surface area contributed by atoms with Crippen molar-refractivity contribution >= 4 is 23.1 Å². The van der Waals surface area contributed by atoms with E-state index in [0.29, 0.717) is 18.7 Å². The van der Waals surface area contributed by atoms with Crippen LogP contribution in [0.25, 0.3) is 0 Å². The molecule has 8 nitrogen and oxygen atoms in total. The number of aryl methyl sites for hydroxylation is 1. The molecule has 2 aromatic heterocycles. The number of nitriles is 1. The summed E-state index contributed by atoms with van der Waals surface area (Å²) in [5.74, 6) is 0.951. The molecule has 0 saturated carbocycles. The van der Waals surface area contributed by atoms with Gasteiger partial charge in [0.2, 0.25) is 5.91 Å². The average molecular weight is 430 g/mol. The van der Waals surface area contributed by atoms with E-state index in [9.17, 15) is 4.79 Å². The van der Waals surface area contributed by atoms with E-state index in [0.717, 1.165) is 34.0 Å². The standard InChI is InChI=1S/C24H27N7O/c1-15(2)23-24(32)29-22-16(3)28-21(9-20(22)30(23)4)26-11-19-12-27-31(14-19)13-18-7-5-6-17(8-18)10-25/h5-9,12,14-15,23H,11,13H2,1-4H3,(H,26,28)(H,29,32). The number of nitrogens with one attached hydrogen (secondary N) is 2. The molecule has 1 unspecified atom stereocenters. The van der Waals surface area contributed by atoms with Gasteiger partial charge in [0.15, 0.2) is 0 Å². The fourth-order valence-electron chi connectivity index (χ4n) is 4.15. The quantitative estimate of drug-likeness (QED) is 0.622. The Bertz CT molecular complexity index is 1190. The summed E-state index contributed by atoms with van der Waals surface area (Å²) in [7, 11) is 1.96. The van der Waals surface area contributed by atoms with Crippen molar-refractivity contribution in [3.63, 3.8) is 0 Å². The van der Waals surface area contributed by atoms with E-state index < -0.39 is 0 Å². The molecule has 0 aliphatic carbocycles. The monoisotopic (exact) mass is 429 g/mol. The molecule has 164 valence electrons. The molecule has 1 amide bonds. The van der Waals surface area contributed by atoms with Crippen molar-refractivity contribution < 1.29 is 4.79 Å². The van der Waals surface area contributed by atoms with Crippen LogP contribution in [0.2, 0.25) is 0 Å². The second kappa shape index (κ2) is 8.71. The second-order valence-corrected chi connectivity index (χ2v) is 8.49. The maximum Gasteiger partial charge on any atom is 0.247 e. The molecule has 1 aliphatic heterocycles. The van der Waals surface area contributed by atoms with Gasteiger partial charge in [0.25, 0.3) is 0 Å². The third-order valence-corrected chi connectivity index (χ3v) is 5.69. The lowest BCUT2D eigenvalue weighted by Crippen LogP contribution is -2.49. The molecule has 0 saturated heterocycles. The van der Waals surface area contributed by atoms with Crippen molar-refractivity contribution in [2.24, 2.45) is 5.92 Å². The molecule has 0 bridgehead atoms. The zero-order valence-corrected chi connectivity index (χ0v) is 18.8. The van der Waals surface area contributed by atoms with Crippen molar-refractivity contribution in [2.75, 3.05) is 22.6 Å². The molecule has 1 atom stereocenters. The smallest absolute Gasteiger partial charge is 0.247 e. The lowest BCUT2D eigenvalue weighted by molar-refractivity contribution is -0.118. The molecule has 0 spiro atoms. The van der Waals surface area contributed by atoms with Crippen LogP contribution in [0.4, 0.5) is 17.2 Å². The first kappa shape index (κ1) is 21.4. The van der Waals surface area contributed by atoms with Crippen LogP contribution in [-0.2, 0) is 17.9 Å². The highest BCUT2D eigenvalue weighted by molar-refractivity contribution is 6.04. The van der Waals surface area contributed by atoms with Crippen LogP contribution in [0.3, 0.4) is 0 Å². The molecular formula is C24H27N7O. The molecule has 0 radical (unpaired) electrons. The number of rotatable bonds is 6. The normalized spacial score (nSPS) is 15.3. The minimum absolute atomic E-state index is 0.00771. The second-order valence-electron chi connectivity index (χ2n) is 8.49. The number of fused-ring (bicyclic) bond motifs is 1. The number of likely N-dealkylation sites (N-methyl/N-ethyl adjacent to an activating group) is 1. The number of pyridine rings is 1. The predicted molar refractivity (Wildman–Crippen MR) is 124 cm³/mol. The molecule has 0 fully saturated rings. The SMILES string of the molecule is Cc1nc(NCc2cnn(Cc3cccc(C#N)c3)c2)cc2c1NC(=O)C(C(C)C)N2C. The zero-order chi connectivity index (χ0) is 22.8. The first-order chi connectivity index (χ1) is 15.4. The number of aromatic nitrogens is 3. The lowest BCUT2D eigenvalue weighted by Gasteiger charge is -2.38. The summed E-state index contributed by atoms with van der Waals surface area (Å²) >= 11 is 0. The molecule has 3 aromatic rings. The van der Waals surface area contributed by atoms with Gasteiger partial charge in [0.1, 0.15) is 11.9 Å². The number of amides is 1. The molecule has 32 heavy (non-hydrogen) atoms. The number of hydrogen-bond donors (Lipinski definition) is 2. The van der Waals surface area contributed by atoms with E-state index in [1.54, 1.807) is 6.07 Å². The van der Waals surface area contributed by atoms with Crippen LogP contribution in [-0.4, -0.2) is 33.8 Å². The van der Waals surface area contributed by atoms with E-state index in [-0.39, 0.29) is 17.9 Å². The maximum absolute atomic E-state index is 12.5. The summed E-state index contributed by atoms with van der Waals surface area (Å²) in [6, 6.07) is 11.5. The highest BCUT2D eigenvalue weighted by Gasteiger charge is 2.34. The lowest BCUT2D eigenvalue weighted by atomic mass is 9.98. The summed E-state index contributed by atoms with van der Waals surface area (Å²) in [5.41, 5.74) is 5.22. The van der Waals surface area contributed by atoms with Crippen LogP contribution in [0, 0.1) is 24.2 Å². The molecule has 4 rings (SSSR count). The Labute approximate surface area is 187 Å². The van der Waals surface area contributed by atoms with Crippen molar-refractivity contribution in [2.45, 2.75) is 39.9 Å². The summed E-state index contributed by atoms with van der Waals surface area (Å²) < 4.78 is 1.86. The van der Waals surface area contributed by atoms with Crippen molar-refractivity contribution in [3.8, 4) is 6.07 Å². The first-order valence-electron chi connectivity index (χ1n) is 10.7. The Balaban J connectivity index is 1.46. The van der Waals surface area contributed by atoms with Crippen LogP contribution in [0.15, 0.2) is 42.7 Å². The Hall–Kier alpha value is -3.86. The van der Waals surface area contributed by atoms with Gasteiger partial charge in [0.05, 0.1) is 41.4 Å². The predicted octanol–water partition coefficient (Wildman–Crippen LogP) is 3.53. The number of benzene rings is 1. The third kappa shape index (κ3) is 4.28. The summed E-state index contributed by atoms with van der Waals surface area (Å²) in [5, 5.41) is 19.9. The maximum atomic E-state index is 12.5. The molecule has 8 heteroatoms. The van der Waals surface area contributed by atoms with Gasteiger partial charge < -0.3 is 15.5 Å². The van der Waals surface area contributed by atoms with Crippen LogP contribution in [0.5, 0.6) is 0 Å². The van der Waals surface area contributed by atoms with Gasteiger partial charge in [-0.25, -0.2) is 4.98 Å². The van der Waals surface area contributed by atoms with Gasteiger partial charge in [0, 0.05) is 31.4 Å². The fraction of sp³-hybridized carbons (Fsp3) is 0.333. The van der Waals surface area contributed by atoms with E-state index >= 15 is 0 Å². The Morgan fingerprint density at radius 1 is 1.28 bits per heavy atom. The zero-order valence-electron chi connectivity index (χ0n) is 18.8. The van der Waals surface area contributed by atoms with Gasteiger partial charge in [-0.05, 0) is 30.5 Å². The highest BCUT2D eigenvalue weighted by atomic mass is 16.2. The van der Waals surface area contributed by atoms with Gasteiger partial charge >= 0.3 is 0 Å². The summed E-state index contributed by atoms with van der Waals surface area (Å²) in [6.07, 6.45) is 3.81. The molecule has 2 N–H and O–H groups in total. The molecule has 3 heterocycles. The highest BCUT2D eigenvalue weighted by Crippen LogP contribution is 2.36. The van der Waals surface area contributed by atoms with E-state index in [4.69, 9.17) is 5.26 Å². The summed E-state index contributed by atoms with van der Waals surface area (Å²) in [6.45, 7) is 7.18. The van der Waals surface area contributed by atoms with E-state index in [1.165, 1.54) is 0 Å². The number of hydrogen-bond acceptors (Lipinski definition) is 6. The minimum atomic E-state index is -0.213. The first-order valence-corrected chi connectivity index (χ1v) is 10.7. The largest absolute Gasteiger partial charge is 0.366 e. The molecule has 1 aliphatic rings. The Morgan fingerprint density at radius 3 is 2.84 bits per heavy atom. The number of anilines is 3. The van der Waals surface area contributed by atoms with Crippen LogP contribution < -0.4 is 15.5 Å². The van der Waals surface area contributed by atoms with Gasteiger partial charge in [-0.3, -0.25) is 9.48 Å². The van der Waals surface area contributed by atoms with Crippen LogP contribution in [0.1, 0.15) is 36.2 Å². The number of nitrogens with zero attached hydrogens (tertiary/aromatic N) is 5. The number of carbonyl (C=O) groups excluding carboxylic acids is 1. The van der Waals surface area contributed by atoms with E-state index in [2.05, 4.69) is 26.8 Å². The topological polar surface area (TPSA) is 98.9 Å². The fourth-order valence-corrected chi connectivity index (χ4v) is 4.15. The van der Waals surface area contributed by atoms with E-state index in [1.807, 2.05) is 74.1 Å². The van der Waals surface area contributed by atoms with Crippen molar-refractivity contribution in [1.29, 1.82) is 5.26 Å². The minimum Gasteiger partial charge on any atom is -0.366 e. The third-order valence-electron chi connectivity index (χ3n) is 5.69. The molecular weight excluding hydrogens is 402 g/mol. The van der Waals surface area contributed by atoms with Gasteiger partial charge in [-0.2, -0.15) is 10.4 Å². The van der Waals surface area contributed by atoms with Crippen LogP contribution >= 0.6 is 0 Å². The van der Waals surface area contributed by atoms with Gasteiger partial charge in [-0.1, -0.05) is 26.0 Å². The Kier molecular flexibility index (Phi) is 5.82. The van der Waals surface area contributed by atoms with Crippen molar-refractivity contribution in [3.05, 3.63) is 65.1 Å². The summed E-state index contributed by atoms with van der Waals surface area (Å²) in [4.78, 5) is 19.2. The average Bonchev–Trinajstić information content (AvgIpc) is 3.20. The molecule has 1 aromatic carbocycles. The van der Waals surface area contributed by atoms with Gasteiger partial charge in [-0.15, -0.1) is 0 Å².